The summed E-state index contributed by atoms with van der Waals surface area (Å²) in [7, 11) is 0. The molecule has 7 nitrogen and oxygen atoms in total. The number of carboxylic acid groups (broad SMARTS) is 1. The highest BCUT2D eigenvalue weighted by molar-refractivity contribution is 7.14. The van der Waals surface area contributed by atoms with Gasteiger partial charge in [0, 0.05) is 6.07 Å². The molecule has 0 aromatic carbocycles. The van der Waals surface area contributed by atoms with Gasteiger partial charge in [0.05, 0.1) is 5.56 Å². The number of nitrogens with one attached hydrogen (secondary N) is 2. The normalized spacial score (nSPS) is 9.88. The molecule has 2 rings (SSSR count). The maximum atomic E-state index is 11.5. The van der Waals surface area contributed by atoms with Gasteiger partial charge < -0.3 is 9.63 Å². The number of urea groups is 1. The van der Waals surface area contributed by atoms with Crippen molar-refractivity contribution in [1.82, 2.24) is 5.16 Å². The van der Waals surface area contributed by atoms with Gasteiger partial charge in [-0.15, -0.1) is 11.3 Å². The minimum Gasteiger partial charge on any atom is -0.478 e. The van der Waals surface area contributed by atoms with Gasteiger partial charge in [0.1, 0.15) is 11.3 Å². The molecule has 0 aliphatic rings. The second-order valence-electron chi connectivity index (χ2n) is 2.93. The van der Waals surface area contributed by atoms with Gasteiger partial charge >= 0.3 is 12.0 Å². The summed E-state index contributed by atoms with van der Waals surface area (Å²) in [6.45, 7) is 0. The smallest absolute Gasteiger partial charge is 0.338 e. The SMILES string of the molecule is O=C(Nc1ccon1)Nc1sccc1C(=O)O. The Morgan fingerprint density at radius 3 is 2.82 bits per heavy atom. The predicted octanol–water partition coefficient (Wildman–Crippen LogP) is 2.08. The van der Waals surface area contributed by atoms with Crippen LogP contribution in [0.15, 0.2) is 28.3 Å². The number of aromatic carboxylic acids is 1. The highest BCUT2D eigenvalue weighted by Gasteiger charge is 2.14. The molecule has 0 fully saturated rings. The van der Waals surface area contributed by atoms with Crippen molar-refractivity contribution in [1.29, 1.82) is 0 Å². The highest BCUT2D eigenvalue weighted by Crippen LogP contribution is 2.23. The number of carbonyl (C=O) groups is 2. The van der Waals surface area contributed by atoms with E-state index in [2.05, 4.69) is 20.3 Å². The maximum absolute atomic E-state index is 11.5. The van der Waals surface area contributed by atoms with Gasteiger partial charge in [0.25, 0.3) is 0 Å². The lowest BCUT2D eigenvalue weighted by Crippen LogP contribution is -2.20. The molecule has 0 saturated heterocycles. The molecule has 2 aromatic rings. The highest BCUT2D eigenvalue weighted by atomic mass is 32.1. The molecule has 2 aromatic heterocycles. The summed E-state index contributed by atoms with van der Waals surface area (Å²) < 4.78 is 4.53. The van der Waals surface area contributed by atoms with E-state index in [1.807, 2.05) is 0 Å². The zero-order chi connectivity index (χ0) is 12.3. The van der Waals surface area contributed by atoms with E-state index < -0.39 is 12.0 Å². The zero-order valence-corrected chi connectivity index (χ0v) is 9.15. The van der Waals surface area contributed by atoms with Crippen molar-refractivity contribution in [2.75, 3.05) is 10.6 Å². The third-order valence-corrected chi connectivity index (χ3v) is 2.63. The molecule has 0 aliphatic carbocycles. The van der Waals surface area contributed by atoms with Gasteiger partial charge in [0.2, 0.25) is 0 Å². The summed E-state index contributed by atoms with van der Waals surface area (Å²) in [4.78, 5) is 22.3. The Bertz CT molecular complexity index is 534. The minimum atomic E-state index is -1.09. The molecule has 88 valence electrons. The first-order valence-electron chi connectivity index (χ1n) is 4.46. The molecule has 8 heteroatoms. The number of nitrogens with zero attached hydrogens (tertiary/aromatic N) is 1. The van der Waals surface area contributed by atoms with Crippen LogP contribution in [0.2, 0.25) is 0 Å². The fourth-order valence-electron chi connectivity index (χ4n) is 1.10. The first-order valence-corrected chi connectivity index (χ1v) is 5.34. The van der Waals surface area contributed by atoms with Crippen LogP contribution in [0.4, 0.5) is 15.6 Å². The third-order valence-electron chi connectivity index (χ3n) is 1.80. The molecule has 17 heavy (non-hydrogen) atoms. The summed E-state index contributed by atoms with van der Waals surface area (Å²) in [6, 6.07) is 2.30. The lowest BCUT2D eigenvalue weighted by Gasteiger charge is -2.03. The van der Waals surface area contributed by atoms with Gasteiger partial charge in [-0.25, -0.2) is 9.59 Å². The van der Waals surface area contributed by atoms with Gasteiger partial charge in [-0.1, -0.05) is 5.16 Å². The van der Waals surface area contributed by atoms with Crippen LogP contribution in [0.25, 0.3) is 0 Å². The number of hydrogen-bond donors (Lipinski definition) is 3. The van der Waals surface area contributed by atoms with Crippen molar-refractivity contribution in [2.24, 2.45) is 0 Å². The van der Waals surface area contributed by atoms with Crippen molar-refractivity contribution in [3.63, 3.8) is 0 Å². The van der Waals surface area contributed by atoms with E-state index >= 15 is 0 Å². The van der Waals surface area contributed by atoms with Crippen LogP contribution < -0.4 is 10.6 Å². The number of hydrogen-bond acceptors (Lipinski definition) is 5. The van der Waals surface area contributed by atoms with Crippen molar-refractivity contribution in [3.8, 4) is 0 Å². The Kier molecular flexibility index (Phi) is 3.06. The first kappa shape index (κ1) is 11.1. The van der Waals surface area contributed by atoms with Crippen LogP contribution >= 0.6 is 11.3 Å². The van der Waals surface area contributed by atoms with E-state index in [4.69, 9.17) is 5.11 Å². The molecule has 0 atom stereocenters. The fourth-order valence-corrected chi connectivity index (χ4v) is 1.88. The van der Waals surface area contributed by atoms with Crippen LogP contribution in [0.3, 0.4) is 0 Å². The average Bonchev–Trinajstić information content (AvgIpc) is 2.88. The average molecular weight is 253 g/mol. The largest absolute Gasteiger partial charge is 0.478 e. The number of carboxylic acids is 1. The molecule has 0 bridgehead atoms. The molecule has 3 N–H and O–H groups in total. The van der Waals surface area contributed by atoms with E-state index in [1.165, 1.54) is 18.4 Å². The van der Waals surface area contributed by atoms with Crippen molar-refractivity contribution in [3.05, 3.63) is 29.3 Å². The van der Waals surface area contributed by atoms with Gasteiger partial charge in [-0.3, -0.25) is 10.6 Å². The molecule has 0 saturated carbocycles. The molecule has 0 unspecified atom stereocenters. The van der Waals surface area contributed by atoms with E-state index in [0.29, 0.717) is 0 Å². The number of aromatic nitrogens is 1. The topological polar surface area (TPSA) is 104 Å². The molecule has 0 aliphatic heterocycles. The summed E-state index contributed by atoms with van der Waals surface area (Å²) in [6.07, 6.45) is 1.31. The van der Waals surface area contributed by atoms with E-state index in [9.17, 15) is 9.59 Å². The molecule has 2 amide bonds. The Balaban J connectivity index is 2.03. The lowest BCUT2D eigenvalue weighted by molar-refractivity contribution is 0.0698. The monoisotopic (exact) mass is 253 g/mol. The Morgan fingerprint density at radius 2 is 2.18 bits per heavy atom. The number of amides is 2. The Morgan fingerprint density at radius 1 is 1.35 bits per heavy atom. The third kappa shape index (κ3) is 2.61. The second-order valence-corrected chi connectivity index (χ2v) is 3.85. The van der Waals surface area contributed by atoms with Crippen molar-refractivity contribution < 1.29 is 19.2 Å². The molecular weight excluding hydrogens is 246 g/mol. The van der Waals surface area contributed by atoms with Gasteiger partial charge in [0.15, 0.2) is 5.82 Å². The molecule has 2 heterocycles. The van der Waals surface area contributed by atoms with E-state index in [1.54, 1.807) is 5.38 Å². The molecule has 0 spiro atoms. The molecular formula is C9H7N3O4S. The Hall–Kier alpha value is -2.35. The molecule has 0 radical (unpaired) electrons. The second kappa shape index (κ2) is 4.66. The summed E-state index contributed by atoms with van der Waals surface area (Å²) in [5.74, 6) is -0.848. The van der Waals surface area contributed by atoms with E-state index in [0.717, 1.165) is 11.3 Å². The van der Waals surface area contributed by atoms with E-state index in [-0.39, 0.29) is 16.4 Å². The van der Waals surface area contributed by atoms with Gasteiger partial charge in [-0.2, -0.15) is 0 Å². The predicted molar refractivity (Wildman–Crippen MR) is 60.4 cm³/mol. The van der Waals surface area contributed by atoms with Crippen molar-refractivity contribution in [2.45, 2.75) is 0 Å². The van der Waals surface area contributed by atoms with Crippen LogP contribution in [0, 0.1) is 0 Å². The van der Waals surface area contributed by atoms with Crippen LogP contribution in [0.5, 0.6) is 0 Å². The number of anilines is 2. The quantitative estimate of drug-likeness (QED) is 0.776. The summed E-state index contributed by atoms with van der Waals surface area (Å²) in [5, 5.41) is 19.0. The Labute approximate surface area is 99.0 Å². The van der Waals surface area contributed by atoms with Crippen LogP contribution in [0.1, 0.15) is 10.4 Å². The minimum absolute atomic E-state index is 0.0466. The standard InChI is InChI=1S/C9H7N3O4S/c13-8(14)5-2-4-17-7(5)11-9(15)10-6-1-3-16-12-6/h1-4H,(H,13,14)(H2,10,11,12,15). The van der Waals surface area contributed by atoms with Crippen LogP contribution in [-0.4, -0.2) is 22.3 Å². The summed E-state index contributed by atoms with van der Waals surface area (Å²) >= 11 is 1.12. The zero-order valence-electron chi connectivity index (χ0n) is 8.34. The number of thiophene rings is 1. The lowest BCUT2D eigenvalue weighted by atomic mass is 10.3. The number of rotatable bonds is 3. The fraction of sp³-hybridized carbons (Fsp3) is 0. The summed E-state index contributed by atoms with van der Waals surface area (Å²) in [5.41, 5.74) is 0.0466. The van der Waals surface area contributed by atoms with Crippen LogP contribution in [-0.2, 0) is 0 Å². The van der Waals surface area contributed by atoms with Crippen molar-refractivity contribution >= 4 is 34.2 Å². The van der Waals surface area contributed by atoms with Gasteiger partial charge in [-0.05, 0) is 11.4 Å². The first-order chi connectivity index (χ1) is 8.16. The number of carbonyl (C=O) groups excluding carboxylic acids is 1. The maximum Gasteiger partial charge on any atom is 0.338 e.